The number of halogens is 1. The maximum absolute atomic E-state index is 12.0. The number of hydroxylamine groups is 1. The van der Waals surface area contributed by atoms with Crippen LogP contribution < -0.4 is 14.6 Å². The van der Waals surface area contributed by atoms with Gasteiger partial charge < -0.3 is 14.7 Å². The summed E-state index contributed by atoms with van der Waals surface area (Å²) in [5.74, 6) is -0.0788. The third-order valence-corrected chi connectivity index (χ3v) is 5.14. The van der Waals surface area contributed by atoms with Gasteiger partial charge in [-0.2, -0.15) is 0 Å². The first-order chi connectivity index (χ1) is 14.1. The fourth-order valence-corrected chi connectivity index (χ4v) is 3.67. The average molecular weight is 410 g/mol. The summed E-state index contributed by atoms with van der Waals surface area (Å²) in [6.07, 6.45) is -0.412. The van der Waals surface area contributed by atoms with Gasteiger partial charge in [0, 0.05) is 10.9 Å². The van der Waals surface area contributed by atoms with Gasteiger partial charge >= 0.3 is 5.97 Å². The summed E-state index contributed by atoms with van der Waals surface area (Å²) in [4.78, 5) is 18.1. The quantitative estimate of drug-likeness (QED) is 0.609. The van der Waals surface area contributed by atoms with Crippen molar-refractivity contribution < 1.29 is 19.5 Å². The van der Waals surface area contributed by atoms with E-state index in [-0.39, 0.29) is 5.92 Å². The van der Waals surface area contributed by atoms with Gasteiger partial charge in [-0.05, 0) is 54.4 Å². The van der Waals surface area contributed by atoms with Crippen molar-refractivity contribution in [2.75, 3.05) is 11.6 Å². The van der Waals surface area contributed by atoms with E-state index in [1.165, 1.54) is 0 Å². The highest BCUT2D eigenvalue weighted by molar-refractivity contribution is 6.30. The molecule has 1 N–H and O–H groups in total. The number of carboxylic acids is 1. The van der Waals surface area contributed by atoms with Gasteiger partial charge in [0.1, 0.15) is 5.75 Å². The minimum atomic E-state index is -0.990. The summed E-state index contributed by atoms with van der Waals surface area (Å²) in [7, 11) is 0. The number of nitrogens with zero attached hydrogens (tertiary/aromatic N) is 1. The SMILES string of the molecule is O=C(O)C(Oc1ccccc1)C1CCN(Oc2ccc(Cl)cc2)c2ccccc21. The summed E-state index contributed by atoms with van der Waals surface area (Å²) in [5, 5.41) is 12.3. The lowest BCUT2D eigenvalue weighted by Crippen LogP contribution is -2.41. The molecule has 1 heterocycles. The van der Waals surface area contributed by atoms with E-state index in [4.69, 9.17) is 21.2 Å². The van der Waals surface area contributed by atoms with E-state index in [0.29, 0.717) is 29.5 Å². The second kappa shape index (κ2) is 8.45. The van der Waals surface area contributed by atoms with E-state index in [1.54, 1.807) is 41.5 Å². The zero-order valence-corrected chi connectivity index (χ0v) is 16.3. The number of anilines is 1. The number of para-hydroxylation sites is 2. The van der Waals surface area contributed by atoms with Gasteiger partial charge in [-0.3, -0.25) is 0 Å². The van der Waals surface area contributed by atoms with Crippen LogP contribution in [0.25, 0.3) is 0 Å². The van der Waals surface area contributed by atoms with Gasteiger partial charge in [0.15, 0.2) is 5.75 Å². The van der Waals surface area contributed by atoms with Crippen molar-refractivity contribution in [1.29, 1.82) is 0 Å². The summed E-state index contributed by atoms with van der Waals surface area (Å²) in [5.41, 5.74) is 1.72. The van der Waals surface area contributed by atoms with Crippen LogP contribution in [0.1, 0.15) is 17.9 Å². The Morgan fingerprint density at radius 2 is 1.66 bits per heavy atom. The van der Waals surface area contributed by atoms with E-state index in [0.717, 1.165) is 11.3 Å². The highest BCUT2D eigenvalue weighted by Gasteiger charge is 2.37. The van der Waals surface area contributed by atoms with Gasteiger partial charge in [-0.1, -0.05) is 48.0 Å². The lowest BCUT2D eigenvalue weighted by atomic mass is 9.86. The van der Waals surface area contributed by atoms with E-state index < -0.39 is 12.1 Å². The van der Waals surface area contributed by atoms with Crippen LogP contribution in [0.3, 0.4) is 0 Å². The molecule has 6 heteroatoms. The average Bonchev–Trinajstić information content (AvgIpc) is 2.75. The van der Waals surface area contributed by atoms with Crippen LogP contribution >= 0.6 is 11.6 Å². The Morgan fingerprint density at radius 1 is 0.966 bits per heavy atom. The summed E-state index contributed by atoms with van der Waals surface area (Å²) in [6, 6.07) is 23.9. The molecule has 3 aromatic rings. The van der Waals surface area contributed by atoms with Crippen LogP contribution in [0, 0.1) is 0 Å². The number of carbonyl (C=O) groups is 1. The first-order valence-corrected chi connectivity index (χ1v) is 9.74. The molecule has 5 nitrogen and oxygen atoms in total. The molecule has 0 bridgehead atoms. The molecule has 2 unspecified atom stereocenters. The molecule has 0 saturated heterocycles. The predicted octanol–water partition coefficient (Wildman–Crippen LogP) is 5.16. The molecule has 2 atom stereocenters. The monoisotopic (exact) mass is 409 g/mol. The molecule has 3 aromatic carbocycles. The van der Waals surface area contributed by atoms with Gasteiger partial charge in [0.25, 0.3) is 0 Å². The molecular weight excluding hydrogens is 390 g/mol. The molecule has 0 amide bonds. The van der Waals surface area contributed by atoms with Crippen LogP contribution in [-0.2, 0) is 4.79 Å². The largest absolute Gasteiger partial charge is 0.478 e. The Bertz CT molecular complexity index is 978. The van der Waals surface area contributed by atoms with Crippen molar-refractivity contribution in [1.82, 2.24) is 0 Å². The van der Waals surface area contributed by atoms with Crippen LogP contribution in [0.15, 0.2) is 78.9 Å². The maximum Gasteiger partial charge on any atom is 0.345 e. The molecule has 4 rings (SSSR count). The fraction of sp³-hybridized carbons (Fsp3) is 0.174. The molecule has 148 valence electrons. The zero-order chi connectivity index (χ0) is 20.2. The van der Waals surface area contributed by atoms with Crippen LogP contribution in [0.2, 0.25) is 5.02 Å². The van der Waals surface area contributed by atoms with Crippen molar-refractivity contribution in [2.45, 2.75) is 18.4 Å². The Kier molecular flexibility index (Phi) is 5.58. The van der Waals surface area contributed by atoms with Crippen LogP contribution in [-0.4, -0.2) is 23.7 Å². The summed E-state index contributed by atoms with van der Waals surface area (Å²) in [6.45, 7) is 0.534. The number of hydrogen-bond donors (Lipinski definition) is 1. The van der Waals surface area contributed by atoms with E-state index in [2.05, 4.69) is 0 Å². The molecule has 0 aromatic heterocycles. The standard InChI is InChI=1S/C23H20ClNO4/c24-16-10-12-18(13-11-16)29-25-15-14-20(19-8-4-5-9-21(19)25)22(23(26)27)28-17-6-2-1-3-7-17/h1-13,20,22H,14-15H2,(H,26,27). The number of carboxylic acid groups (broad SMARTS) is 1. The molecule has 1 aliphatic heterocycles. The highest BCUT2D eigenvalue weighted by atomic mass is 35.5. The second-order valence-corrected chi connectivity index (χ2v) is 7.23. The van der Waals surface area contributed by atoms with Gasteiger partial charge in [-0.25, -0.2) is 9.86 Å². The lowest BCUT2D eigenvalue weighted by Gasteiger charge is -2.36. The van der Waals surface area contributed by atoms with Crippen LogP contribution in [0.4, 0.5) is 5.69 Å². The minimum absolute atomic E-state index is 0.297. The maximum atomic E-state index is 12.0. The number of rotatable bonds is 6. The van der Waals surface area contributed by atoms with Crippen molar-refractivity contribution in [3.63, 3.8) is 0 Å². The Morgan fingerprint density at radius 3 is 2.38 bits per heavy atom. The number of benzene rings is 3. The third-order valence-electron chi connectivity index (χ3n) is 4.89. The normalized spacial score (nSPS) is 16.6. The molecule has 1 aliphatic rings. The molecular formula is C23H20ClNO4. The van der Waals surface area contributed by atoms with Gasteiger partial charge in [-0.15, -0.1) is 0 Å². The highest BCUT2D eigenvalue weighted by Crippen LogP contribution is 2.39. The van der Waals surface area contributed by atoms with Crippen molar-refractivity contribution in [3.8, 4) is 11.5 Å². The predicted molar refractivity (Wildman–Crippen MR) is 112 cm³/mol. The number of ether oxygens (including phenoxy) is 1. The minimum Gasteiger partial charge on any atom is -0.478 e. The summed E-state index contributed by atoms with van der Waals surface area (Å²) < 4.78 is 5.87. The van der Waals surface area contributed by atoms with Crippen LogP contribution in [0.5, 0.6) is 11.5 Å². The molecule has 0 radical (unpaired) electrons. The molecule has 0 aliphatic carbocycles. The van der Waals surface area contributed by atoms with Gasteiger partial charge in [0.05, 0.1) is 12.2 Å². The van der Waals surface area contributed by atoms with E-state index >= 15 is 0 Å². The first kappa shape index (κ1) is 19.2. The second-order valence-electron chi connectivity index (χ2n) is 6.79. The Balaban J connectivity index is 1.61. The zero-order valence-electron chi connectivity index (χ0n) is 15.6. The molecule has 29 heavy (non-hydrogen) atoms. The Labute approximate surface area is 174 Å². The topological polar surface area (TPSA) is 59.0 Å². The lowest BCUT2D eigenvalue weighted by molar-refractivity contribution is -0.146. The number of hydrogen-bond acceptors (Lipinski definition) is 4. The smallest absolute Gasteiger partial charge is 0.345 e. The van der Waals surface area contributed by atoms with Crippen molar-refractivity contribution in [3.05, 3.63) is 89.4 Å². The molecule has 0 spiro atoms. The van der Waals surface area contributed by atoms with Crippen molar-refractivity contribution in [2.24, 2.45) is 0 Å². The number of fused-ring (bicyclic) bond motifs is 1. The first-order valence-electron chi connectivity index (χ1n) is 9.36. The van der Waals surface area contributed by atoms with E-state index in [9.17, 15) is 9.90 Å². The van der Waals surface area contributed by atoms with Crippen molar-refractivity contribution >= 4 is 23.3 Å². The molecule has 0 fully saturated rings. The fourth-order valence-electron chi connectivity index (χ4n) is 3.54. The Hall–Kier alpha value is -3.18. The third kappa shape index (κ3) is 4.30. The summed E-state index contributed by atoms with van der Waals surface area (Å²) >= 11 is 5.95. The van der Waals surface area contributed by atoms with Gasteiger partial charge in [0.2, 0.25) is 6.10 Å². The number of aliphatic carboxylic acids is 1. The molecule has 0 saturated carbocycles. The van der Waals surface area contributed by atoms with E-state index in [1.807, 2.05) is 42.5 Å².